The van der Waals surface area contributed by atoms with Crippen LogP contribution >= 0.6 is 0 Å². The minimum atomic E-state index is -3.62. The molecule has 0 saturated carbocycles. The van der Waals surface area contributed by atoms with Crippen molar-refractivity contribution in [3.05, 3.63) is 195 Å². The van der Waals surface area contributed by atoms with Crippen LogP contribution in [0.1, 0.15) is 19.3 Å². The van der Waals surface area contributed by atoms with Crippen molar-refractivity contribution in [2.45, 2.75) is 38.8 Å². The molecule has 0 spiro atoms. The van der Waals surface area contributed by atoms with Crippen LogP contribution < -0.4 is 38.9 Å². The first-order valence-electron chi connectivity index (χ1n) is 35.9. The van der Waals surface area contributed by atoms with Gasteiger partial charge in [0.15, 0.2) is 0 Å². The monoisotopic (exact) mass is 1520 g/mol. The number of hydrogen-bond acceptors (Lipinski definition) is 20. The summed E-state index contributed by atoms with van der Waals surface area (Å²) in [5, 5.41) is 7.12. The maximum atomic E-state index is 12.9. The third-order valence-electron chi connectivity index (χ3n) is 20.6. The average Bonchev–Trinajstić information content (AvgIpc) is 0.737. The van der Waals surface area contributed by atoms with Crippen molar-refractivity contribution in [3.63, 3.8) is 0 Å². The molecular formula is C80H80N14O10S4. The van der Waals surface area contributed by atoms with Crippen molar-refractivity contribution in [3.8, 4) is 44.5 Å². The minimum Gasteiger partial charge on any atom is -0.383 e. The number of rotatable bonds is 10. The van der Waals surface area contributed by atoms with Gasteiger partial charge in [0.1, 0.15) is 0 Å². The van der Waals surface area contributed by atoms with Crippen LogP contribution in [-0.2, 0) is 49.6 Å². The molecule has 0 atom stereocenters. The number of nitrogens with one attached hydrogen (secondary N) is 5. The summed E-state index contributed by atoms with van der Waals surface area (Å²) in [5.41, 5.74) is 15.5. The number of pyridine rings is 4. The Kier molecular flexibility index (Phi) is 19.6. The van der Waals surface area contributed by atoms with Crippen LogP contribution in [0.2, 0.25) is 0 Å². The standard InChI is InChI=1S/C23H27N5O2S.C20H19N3O2S.C19H17N3O3S.C18H17N3O3S/c1-26(2)10-11-27-12-14-28(15-13-27)20-16-19-17-6-3-4-8-21(17)31(29,30)25-23(19)22-18(20)7-5-9-24-22;24-26(25)18-9-3-2-7-14(18)16-13-17(23-11-4-1-5-12-23)15-8-6-10-21-19(15)20(16)22-26;23-26(24)17-6-2-1-4-13(17)15-12-16(22-8-10-25-11-9-22)14-5-3-7-20-18(14)19(15)21-26;1-24-10-9-19-15-11-14-12-5-2-3-7-16(12)25(22,23)21-18(14)17-13(15)6-4-8-20-17/h3-9,16,25H,10-15H2,1-2H3;2-3,6-10,13,22H,1,4-5,11-12H2;1-7,12,21H,8-11H2;2-8,11,19,21H,9-10H2,1H3. The summed E-state index contributed by atoms with van der Waals surface area (Å²) < 4.78 is 123. The number of piperazine rings is 1. The van der Waals surface area contributed by atoms with Gasteiger partial charge in [-0.2, -0.15) is 0 Å². The Morgan fingerprint density at radius 2 is 0.750 bits per heavy atom. The predicted octanol–water partition coefficient (Wildman–Crippen LogP) is 12.6. The maximum absolute atomic E-state index is 12.9. The second-order valence-corrected chi connectivity index (χ2v) is 34.1. The molecule has 3 saturated heterocycles. The molecule has 0 aliphatic carbocycles. The molecule has 554 valence electrons. The van der Waals surface area contributed by atoms with E-state index in [1.807, 2.05) is 103 Å². The number of hydrogen-bond donors (Lipinski definition) is 5. The molecule has 7 aliphatic rings. The van der Waals surface area contributed by atoms with Crippen LogP contribution in [0.15, 0.2) is 214 Å². The number of piperidine rings is 1. The Balaban J connectivity index is 0.000000110. The second-order valence-electron chi connectivity index (χ2n) is 27.5. The number of morpholine rings is 1. The van der Waals surface area contributed by atoms with E-state index < -0.39 is 40.1 Å². The molecule has 0 amide bonds. The van der Waals surface area contributed by atoms with Crippen LogP contribution in [-0.4, -0.2) is 176 Å². The van der Waals surface area contributed by atoms with Crippen molar-refractivity contribution in [1.82, 2.24) is 29.7 Å². The van der Waals surface area contributed by atoms with Gasteiger partial charge in [0.2, 0.25) is 0 Å². The van der Waals surface area contributed by atoms with Crippen molar-refractivity contribution in [2.75, 3.05) is 152 Å². The zero-order valence-electron chi connectivity index (χ0n) is 59.7. The predicted molar refractivity (Wildman–Crippen MR) is 429 cm³/mol. The van der Waals surface area contributed by atoms with E-state index in [2.05, 4.69) is 101 Å². The highest BCUT2D eigenvalue weighted by Gasteiger charge is 2.36. The first-order valence-corrected chi connectivity index (χ1v) is 41.9. The lowest BCUT2D eigenvalue weighted by molar-refractivity contribution is 0.123. The van der Waals surface area contributed by atoms with Gasteiger partial charge in [-0.3, -0.25) is 43.7 Å². The molecule has 4 aromatic heterocycles. The number of anilines is 8. The topological polar surface area (TPSA) is 283 Å². The Bertz CT molecular complexity index is 5820. The van der Waals surface area contributed by atoms with Crippen molar-refractivity contribution < 1.29 is 43.1 Å². The first kappa shape index (κ1) is 71.7. The Morgan fingerprint density at radius 1 is 0.407 bits per heavy atom. The van der Waals surface area contributed by atoms with Gasteiger partial charge < -0.3 is 34.4 Å². The maximum Gasteiger partial charge on any atom is 0.262 e. The van der Waals surface area contributed by atoms with Crippen LogP contribution in [0.4, 0.5) is 45.5 Å². The summed E-state index contributed by atoms with van der Waals surface area (Å²) in [7, 11) is -8.56. The number of methoxy groups -OCH3 is 1. The van der Waals surface area contributed by atoms with E-state index in [-0.39, 0.29) is 4.90 Å². The molecule has 12 aromatic rings. The van der Waals surface area contributed by atoms with E-state index in [1.54, 1.807) is 80.4 Å². The number of nitrogens with zero attached hydrogens (tertiary/aromatic N) is 9. The molecule has 24 nitrogen and oxygen atoms in total. The Hall–Kier alpha value is -10.6. The average molecular weight is 1530 g/mol. The molecule has 5 N–H and O–H groups in total. The largest absolute Gasteiger partial charge is 0.383 e. The normalized spacial score (nSPS) is 17.2. The molecular weight excluding hydrogens is 1450 g/mol. The zero-order valence-corrected chi connectivity index (χ0v) is 63.0. The first-order chi connectivity index (χ1) is 52.4. The lowest BCUT2D eigenvalue weighted by atomic mass is 9.98. The Labute approximate surface area is 628 Å². The molecule has 108 heavy (non-hydrogen) atoms. The number of ether oxygens (including phenoxy) is 2. The zero-order chi connectivity index (χ0) is 74.5. The molecule has 7 aliphatic heterocycles. The van der Waals surface area contributed by atoms with Gasteiger partial charge in [-0.25, -0.2) is 33.7 Å². The number of benzene rings is 8. The number of fused-ring (bicyclic) bond motifs is 20. The van der Waals surface area contributed by atoms with Crippen LogP contribution in [0.25, 0.3) is 88.1 Å². The summed E-state index contributed by atoms with van der Waals surface area (Å²) in [5.74, 6) is 0. The number of aromatic nitrogens is 4. The quantitative estimate of drug-likeness (QED) is 0.0795. The molecule has 19 rings (SSSR count). The summed E-state index contributed by atoms with van der Waals surface area (Å²) in [6.45, 7) is 12.3. The smallest absolute Gasteiger partial charge is 0.262 e. The number of sulfonamides is 4. The molecule has 8 aromatic carbocycles. The van der Waals surface area contributed by atoms with Gasteiger partial charge >= 0.3 is 0 Å². The summed E-state index contributed by atoms with van der Waals surface area (Å²) in [6.07, 6.45) is 10.4. The van der Waals surface area contributed by atoms with Crippen LogP contribution in [0, 0.1) is 0 Å². The highest BCUT2D eigenvalue weighted by atomic mass is 32.2. The van der Waals surface area contributed by atoms with Gasteiger partial charge in [-0.05, 0) is 130 Å². The fourth-order valence-electron chi connectivity index (χ4n) is 15.3. The van der Waals surface area contributed by atoms with Gasteiger partial charge in [-0.15, -0.1) is 0 Å². The fraction of sp³-hybridized carbons (Fsp3) is 0.250. The van der Waals surface area contributed by atoms with Gasteiger partial charge in [0.25, 0.3) is 40.1 Å². The molecule has 3 fully saturated rings. The third-order valence-corrected chi connectivity index (χ3v) is 26.2. The van der Waals surface area contributed by atoms with Gasteiger partial charge in [-0.1, -0.05) is 72.8 Å². The van der Waals surface area contributed by atoms with E-state index in [1.165, 1.54) is 19.3 Å². The van der Waals surface area contributed by atoms with E-state index >= 15 is 0 Å². The van der Waals surface area contributed by atoms with Crippen molar-refractivity contribution >= 4 is 129 Å². The van der Waals surface area contributed by atoms with E-state index in [4.69, 9.17) is 9.47 Å². The minimum absolute atomic E-state index is 0.278. The lowest BCUT2D eigenvalue weighted by Crippen LogP contribution is -2.48. The van der Waals surface area contributed by atoms with Crippen LogP contribution in [0.5, 0.6) is 0 Å². The van der Waals surface area contributed by atoms with Crippen molar-refractivity contribution in [1.29, 1.82) is 0 Å². The SMILES string of the molecule is CN(C)CCN1CCN(c2cc3c(c4ncccc24)NS(=O)(=O)c2ccccc2-3)CC1.COCCNc1cc2c(c3ncccc13)NS(=O)(=O)c1ccccc1-2.O=S1(=O)Nc2c(cc(N3CCCCC3)c3cccnc23)-c2ccccc21.O=S1(=O)Nc2c(cc(N3CCOCC3)c3cccnc23)-c2ccccc21. The third kappa shape index (κ3) is 13.7. The Morgan fingerprint density at radius 3 is 1.13 bits per heavy atom. The summed E-state index contributed by atoms with van der Waals surface area (Å²) >= 11 is 0. The summed E-state index contributed by atoms with van der Waals surface area (Å²) in [4.78, 5) is 31.1. The molecule has 28 heteroatoms. The van der Waals surface area contributed by atoms with Crippen molar-refractivity contribution in [2.24, 2.45) is 0 Å². The van der Waals surface area contributed by atoms with Crippen LogP contribution in [0.3, 0.4) is 0 Å². The summed E-state index contributed by atoms with van der Waals surface area (Å²) in [6, 6.07) is 52.3. The highest BCUT2D eigenvalue weighted by Crippen LogP contribution is 2.51. The lowest BCUT2D eigenvalue weighted by Gasteiger charge is -2.37. The second kappa shape index (κ2) is 29.5. The van der Waals surface area contributed by atoms with E-state index in [0.717, 1.165) is 143 Å². The van der Waals surface area contributed by atoms with E-state index in [9.17, 15) is 33.7 Å². The number of likely N-dealkylation sites (N-methyl/N-ethyl adjacent to an activating group) is 1. The van der Waals surface area contributed by atoms with E-state index in [0.29, 0.717) is 97.0 Å². The molecule has 0 unspecified atom stereocenters. The molecule has 0 bridgehead atoms. The highest BCUT2D eigenvalue weighted by molar-refractivity contribution is 7.94. The fourth-order valence-corrected chi connectivity index (χ4v) is 20.6. The van der Waals surface area contributed by atoms with Gasteiger partial charge in [0, 0.05) is 193 Å². The molecule has 11 heterocycles. The van der Waals surface area contributed by atoms with Gasteiger partial charge in [0.05, 0.1) is 84.2 Å². The molecule has 0 radical (unpaired) electrons.